The Morgan fingerprint density at radius 1 is 1.24 bits per heavy atom. The van der Waals surface area contributed by atoms with Gasteiger partial charge in [0.15, 0.2) is 0 Å². The first-order valence-corrected chi connectivity index (χ1v) is 10.2. The first-order valence-electron chi connectivity index (χ1n) is 10.2. The minimum Gasteiger partial charge on any atom is -0.342 e. The van der Waals surface area contributed by atoms with Crippen LogP contribution in [0.5, 0.6) is 0 Å². The molecule has 0 radical (unpaired) electrons. The molecule has 0 spiro atoms. The second kappa shape index (κ2) is 12.4. The Morgan fingerprint density at radius 3 is 2.62 bits per heavy atom. The van der Waals surface area contributed by atoms with Gasteiger partial charge in [0.2, 0.25) is 11.8 Å². The van der Waals surface area contributed by atoms with Crippen LogP contribution in [-0.4, -0.2) is 47.9 Å². The Kier molecular flexibility index (Phi) is 10.9. The van der Waals surface area contributed by atoms with Crippen LogP contribution < -0.4 is 10.6 Å². The molecule has 0 aromatic carbocycles. The number of aryl methyl sites for hydroxylation is 1. The highest BCUT2D eigenvalue weighted by Crippen LogP contribution is 2.26. The van der Waals surface area contributed by atoms with Gasteiger partial charge in [-0.25, -0.2) is 4.98 Å². The molecule has 1 aromatic heterocycles. The molecule has 8 heteroatoms. The van der Waals surface area contributed by atoms with Gasteiger partial charge in [-0.1, -0.05) is 13.0 Å². The van der Waals surface area contributed by atoms with Gasteiger partial charge in [0.1, 0.15) is 5.82 Å². The normalized spacial score (nSPS) is 20.8. The minimum absolute atomic E-state index is 0. The molecule has 0 bridgehead atoms. The standard InChI is InChI=1S/C21H32N4O2.2ClH/c1-15-5-6-19(23-13-15)24-21(27)18-4-3-11-25(14-18)20(26)12-16(2)17-7-9-22-10-8-17;;/h5-6,13,16-18,22H,3-4,7-12,14H2,1-2H3,(H,23,24,27);2*1H. The number of nitrogens with zero attached hydrogens (tertiary/aromatic N) is 2. The number of rotatable bonds is 5. The summed E-state index contributed by atoms with van der Waals surface area (Å²) < 4.78 is 0. The number of anilines is 1. The molecule has 3 heterocycles. The molecular formula is C21H34Cl2N4O2. The predicted octanol–water partition coefficient (Wildman–Crippen LogP) is 3.44. The third-order valence-corrected chi connectivity index (χ3v) is 5.99. The average Bonchev–Trinajstić information content (AvgIpc) is 2.70. The van der Waals surface area contributed by atoms with Crippen LogP contribution >= 0.6 is 24.8 Å². The predicted molar refractivity (Wildman–Crippen MR) is 121 cm³/mol. The van der Waals surface area contributed by atoms with E-state index in [1.54, 1.807) is 6.20 Å². The fraction of sp³-hybridized carbons (Fsp3) is 0.667. The quantitative estimate of drug-likeness (QED) is 0.728. The number of amides is 2. The van der Waals surface area contributed by atoms with E-state index in [9.17, 15) is 9.59 Å². The van der Waals surface area contributed by atoms with E-state index in [0.29, 0.717) is 30.6 Å². The second-order valence-corrected chi connectivity index (χ2v) is 8.16. The largest absolute Gasteiger partial charge is 0.342 e. The van der Waals surface area contributed by atoms with Crippen LogP contribution in [-0.2, 0) is 9.59 Å². The summed E-state index contributed by atoms with van der Waals surface area (Å²) in [5.41, 5.74) is 1.06. The van der Waals surface area contributed by atoms with E-state index in [2.05, 4.69) is 22.5 Å². The van der Waals surface area contributed by atoms with E-state index in [1.807, 2.05) is 24.0 Å². The molecule has 2 amide bonds. The molecule has 164 valence electrons. The maximum absolute atomic E-state index is 12.8. The van der Waals surface area contributed by atoms with Gasteiger partial charge in [-0.2, -0.15) is 0 Å². The fourth-order valence-electron chi connectivity index (χ4n) is 4.17. The highest BCUT2D eigenvalue weighted by molar-refractivity contribution is 5.92. The van der Waals surface area contributed by atoms with Crippen molar-refractivity contribution in [1.82, 2.24) is 15.2 Å². The zero-order valence-electron chi connectivity index (χ0n) is 17.4. The Labute approximate surface area is 186 Å². The van der Waals surface area contributed by atoms with E-state index in [0.717, 1.165) is 50.9 Å². The lowest BCUT2D eigenvalue weighted by Crippen LogP contribution is -2.44. The molecule has 0 saturated carbocycles. The van der Waals surface area contributed by atoms with Gasteiger partial charge in [0.05, 0.1) is 5.92 Å². The maximum Gasteiger partial charge on any atom is 0.230 e. The van der Waals surface area contributed by atoms with E-state index >= 15 is 0 Å². The molecule has 3 rings (SSSR count). The van der Waals surface area contributed by atoms with Crippen LogP contribution in [0.4, 0.5) is 5.82 Å². The smallest absolute Gasteiger partial charge is 0.230 e. The van der Waals surface area contributed by atoms with E-state index < -0.39 is 0 Å². The first kappa shape index (κ1) is 25.7. The van der Waals surface area contributed by atoms with Crippen LogP contribution in [0, 0.1) is 24.7 Å². The number of piperidine rings is 2. The molecule has 6 nitrogen and oxygen atoms in total. The van der Waals surface area contributed by atoms with E-state index in [1.165, 1.54) is 0 Å². The van der Waals surface area contributed by atoms with Crippen LogP contribution in [0.1, 0.15) is 44.6 Å². The van der Waals surface area contributed by atoms with Gasteiger partial charge >= 0.3 is 0 Å². The number of carbonyl (C=O) groups excluding carboxylic acids is 2. The Balaban J connectivity index is 0.00000210. The molecule has 2 atom stereocenters. The van der Waals surface area contributed by atoms with Gasteiger partial charge in [-0.3, -0.25) is 9.59 Å². The summed E-state index contributed by atoms with van der Waals surface area (Å²) in [6.07, 6.45) is 6.36. The van der Waals surface area contributed by atoms with E-state index in [4.69, 9.17) is 0 Å². The van der Waals surface area contributed by atoms with Gasteiger partial charge in [-0.05, 0) is 69.2 Å². The second-order valence-electron chi connectivity index (χ2n) is 8.16. The lowest BCUT2D eigenvalue weighted by atomic mass is 9.83. The SMILES string of the molecule is Cc1ccc(NC(=O)C2CCCN(C(=O)CC(C)C3CCNCC3)C2)nc1.Cl.Cl. The highest BCUT2D eigenvalue weighted by Gasteiger charge is 2.30. The summed E-state index contributed by atoms with van der Waals surface area (Å²) in [5.74, 6) is 1.63. The van der Waals surface area contributed by atoms with Crippen LogP contribution in [0.25, 0.3) is 0 Å². The van der Waals surface area contributed by atoms with Crippen LogP contribution in [0.15, 0.2) is 18.3 Å². The summed E-state index contributed by atoms with van der Waals surface area (Å²) in [7, 11) is 0. The zero-order chi connectivity index (χ0) is 19.2. The molecule has 2 saturated heterocycles. The number of hydrogen-bond donors (Lipinski definition) is 2. The first-order chi connectivity index (χ1) is 13.0. The van der Waals surface area contributed by atoms with E-state index in [-0.39, 0.29) is 42.5 Å². The lowest BCUT2D eigenvalue weighted by Gasteiger charge is -2.34. The molecule has 1 aromatic rings. The topological polar surface area (TPSA) is 74.3 Å². The zero-order valence-corrected chi connectivity index (χ0v) is 19.0. The number of halogens is 2. The van der Waals surface area contributed by atoms with Gasteiger partial charge in [0, 0.05) is 25.7 Å². The number of nitrogens with one attached hydrogen (secondary N) is 2. The summed E-state index contributed by atoms with van der Waals surface area (Å²) in [5, 5.41) is 6.28. The Bertz CT molecular complexity index is 651. The number of hydrogen-bond acceptors (Lipinski definition) is 4. The third kappa shape index (κ3) is 7.43. The number of aromatic nitrogens is 1. The number of carbonyl (C=O) groups is 2. The maximum atomic E-state index is 12.8. The summed E-state index contributed by atoms with van der Waals surface area (Å²) in [6, 6.07) is 3.75. The van der Waals surface area contributed by atoms with Crippen LogP contribution in [0.3, 0.4) is 0 Å². The molecule has 2 aliphatic heterocycles. The van der Waals surface area contributed by atoms with Gasteiger partial charge in [-0.15, -0.1) is 24.8 Å². The van der Waals surface area contributed by atoms with Crippen molar-refractivity contribution in [2.75, 3.05) is 31.5 Å². The summed E-state index contributed by atoms with van der Waals surface area (Å²) in [6.45, 7) is 7.57. The molecule has 2 fully saturated rings. The van der Waals surface area contributed by atoms with Crippen molar-refractivity contribution in [1.29, 1.82) is 0 Å². The van der Waals surface area contributed by atoms with Crippen molar-refractivity contribution in [3.05, 3.63) is 23.9 Å². The minimum atomic E-state index is -0.153. The third-order valence-electron chi connectivity index (χ3n) is 5.99. The molecule has 2 N–H and O–H groups in total. The van der Waals surface area contributed by atoms with Crippen molar-refractivity contribution in [3.8, 4) is 0 Å². The molecule has 29 heavy (non-hydrogen) atoms. The number of pyridine rings is 1. The molecular weight excluding hydrogens is 411 g/mol. The van der Waals surface area contributed by atoms with Crippen molar-refractivity contribution >= 4 is 42.4 Å². The van der Waals surface area contributed by atoms with Crippen LogP contribution in [0.2, 0.25) is 0 Å². The van der Waals surface area contributed by atoms with Crippen molar-refractivity contribution < 1.29 is 9.59 Å². The van der Waals surface area contributed by atoms with Gasteiger partial charge < -0.3 is 15.5 Å². The van der Waals surface area contributed by atoms with Crippen molar-refractivity contribution in [3.63, 3.8) is 0 Å². The molecule has 2 aliphatic rings. The molecule has 2 unspecified atom stereocenters. The number of likely N-dealkylation sites (tertiary alicyclic amines) is 1. The van der Waals surface area contributed by atoms with Gasteiger partial charge in [0.25, 0.3) is 0 Å². The lowest BCUT2D eigenvalue weighted by molar-refractivity contribution is -0.135. The monoisotopic (exact) mass is 444 g/mol. The summed E-state index contributed by atoms with van der Waals surface area (Å²) >= 11 is 0. The summed E-state index contributed by atoms with van der Waals surface area (Å²) in [4.78, 5) is 31.5. The fourth-order valence-corrected chi connectivity index (χ4v) is 4.17. The van der Waals surface area contributed by atoms with Crippen molar-refractivity contribution in [2.24, 2.45) is 17.8 Å². The Hall–Kier alpha value is -1.37. The Morgan fingerprint density at radius 2 is 1.97 bits per heavy atom. The van der Waals surface area contributed by atoms with Crippen molar-refractivity contribution in [2.45, 2.75) is 46.0 Å². The average molecular weight is 445 g/mol. The molecule has 0 aliphatic carbocycles. The highest BCUT2D eigenvalue weighted by atomic mass is 35.5.